The molecule has 2 rings (SSSR count). The first-order valence-electron chi connectivity index (χ1n) is 8.43. The fourth-order valence-corrected chi connectivity index (χ4v) is 2.84. The van der Waals surface area contributed by atoms with E-state index in [9.17, 15) is 18.0 Å². The minimum atomic E-state index is -4.37. The summed E-state index contributed by atoms with van der Waals surface area (Å²) < 4.78 is 44.5. The average Bonchev–Trinajstić information content (AvgIpc) is 2.51. The number of nitrogens with one attached hydrogen (secondary N) is 1. The second-order valence-electron chi connectivity index (χ2n) is 7.30. The van der Waals surface area contributed by atoms with Gasteiger partial charge in [-0.2, -0.15) is 13.2 Å². The van der Waals surface area contributed by atoms with Gasteiger partial charge in [0.25, 0.3) is 0 Å². The second-order valence-corrected chi connectivity index (χ2v) is 7.30. The number of likely N-dealkylation sites (tertiary alicyclic amines) is 1. The third-order valence-electron chi connectivity index (χ3n) is 3.98. The maximum atomic E-state index is 13.0. The molecule has 0 aromatic heterocycles. The number of rotatable bonds is 3. The molecule has 1 aromatic carbocycles. The molecule has 1 amide bonds. The van der Waals surface area contributed by atoms with Crippen LogP contribution in [0.4, 0.5) is 18.0 Å². The SMILES string of the molecule is CC(C)(C)OC(=O)N1CCC[C@H](NCc2ccccc2C(F)(F)F)C1. The van der Waals surface area contributed by atoms with E-state index < -0.39 is 17.3 Å². The van der Waals surface area contributed by atoms with Crippen molar-refractivity contribution in [3.05, 3.63) is 35.4 Å². The van der Waals surface area contributed by atoms with Crippen LogP contribution >= 0.6 is 0 Å². The van der Waals surface area contributed by atoms with E-state index in [2.05, 4.69) is 5.32 Å². The van der Waals surface area contributed by atoms with Crippen molar-refractivity contribution in [3.63, 3.8) is 0 Å². The number of hydrogen-bond donors (Lipinski definition) is 1. The van der Waals surface area contributed by atoms with Crippen LogP contribution in [-0.2, 0) is 17.5 Å². The van der Waals surface area contributed by atoms with Crippen LogP contribution in [0.15, 0.2) is 24.3 Å². The van der Waals surface area contributed by atoms with Gasteiger partial charge in [0.1, 0.15) is 5.60 Å². The Bertz CT molecular complexity index is 597. The van der Waals surface area contributed by atoms with Crippen molar-refractivity contribution < 1.29 is 22.7 Å². The summed E-state index contributed by atoms with van der Waals surface area (Å²) >= 11 is 0. The molecule has 1 saturated heterocycles. The highest BCUT2D eigenvalue weighted by molar-refractivity contribution is 5.68. The van der Waals surface area contributed by atoms with Crippen molar-refractivity contribution in [1.82, 2.24) is 10.2 Å². The van der Waals surface area contributed by atoms with Crippen LogP contribution in [0.2, 0.25) is 0 Å². The first-order valence-corrected chi connectivity index (χ1v) is 8.43. The Morgan fingerprint density at radius 2 is 1.96 bits per heavy atom. The van der Waals surface area contributed by atoms with Gasteiger partial charge in [-0.15, -0.1) is 0 Å². The molecule has 1 heterocycles. The van der Waals surface area contributed by atoms with E-state index in [1.165, 1.54) is 12.1 Å². The average molecular weight is 358 g/mol. The molecule has 0 aliphatic carbocycles. The lowest BCUT2D eigenvalue weighted by molar-refractivity contribution is -0.138. The van der Waals surface area contributed by atoms with Gasteiger partial charge in [0.15, 0.2) is 0 Å². The number of halogens is 3. The molecule has 1 atom stereocenters. The van der Waals surface area contributed by atoms with Gasteiger partial charge in [-0.25, -0.2) is 4.79 Å². The van der Waals surface area contributed by atoms with Gasteiger partial charge >= 0.3 is 12.3 Å². The Kier molecular flexibility index (Phi) is 5.98. The molecular formula is C18H25F3N2O2. The smallest absolute Gasteiger partial charge is 0.416 e. The zero-order chi connectivity index (χ0) is 18.7. The van der Waals surface area contributed by atoms with Crippen molar-refractivity contribution in [3.8, 4) is 0 Å². The first kappa shape index (κ1) is 19.6. The minimum Gasteiger partial charge on any atom is -0.444 e. The Hall–Kier alpha value is -1.76. The topological polar surface area (TPSA) is 41.6 Å². The van der Waals surface area contributed by atoms with Crippen LogP contribution in [-0.4, -0.2) is 35.7 Å². The van der Waals surface area contributed by atoms with Crippen molar-refractivity contribution in [1.29, 1.82) is 0 Å². The van der Waals surface area contributed by atoms with E-state index in [4.69, 9.17) is 4.74 Å². The summed E-state index contributed by atoms with van der Waals surface area (Å²) in [5.41, 5.74) is -0.977. The van der Waals surface area contributed by atoms with E-state index in [1.807, 2.05) is 0 Å². The number of piperidine rings is 1. The third-order valence-corrected chi connectivity index (χ3v) is 3.98. The number of alkyl halides is 3. The summed E-state index contributed by atoms with van der Waals surface area (Å²) in [6, 6.07) is 5.49. The van der Waals surface area contributed by atoms with E-state index in [0.29, 0.717) is 13.1 Å². The molecule has 140 valence electrons. The molecule has 1 fully saturated rings. The van der Waals surface area contributed by atoms with Gasteiger partial charge in [-0.1, -0.05) is 18.2 Å². The number of amides is 1. The van der Waals surface area contributed by atoms with Gasteiger partial charge in [-0.3, -0.25) is 0 Å². The van der Waals surface area contributed by atoms with E-state index >= 15 is 0 Å². The van der Waals surface area contributed by atoms with Crippen molar-refractivity contribution in [2.45, 2.75) is 58.0 Å². The van der Waals surface area contributed by atoms with Gasteiger partial charge in [0.2, 0.25) is 0 Å². The number of carbonyl (C=O) groups excluding carboxylic acids is 1. The normalized spacial score (nSPS) is 19.0. The zero-order valence-corrected chi connectivity index (χ0v) is 14.8. The molecule has 0 unspecified atom stereocenters. The molecule has 4 nitrogen and oxygen atoms in total. The van der Waals surface area contributed by atoms with Crippen molar-refractivity contribution >= 4 is 6.09 Å². The minimum absolute atomic E-state index is 0.0532. The summed E-state index contributed by atoms with van der Waals surface area (Å²) in [6.07, 6.45) is -3.15. The Labute approximate surface area is 146 Å². The summed E-state index contributed by atoms with van der Waals surface area (Å²) in [5.74, 6) is 0. The van der Waals surface area contributed by atoms with Gasteiger partial charge < -0.3 is 15.0 Å². The second kappa shape index (κ2) is 7.64. The maximum Gasteiger partial charge on any atom is 0.416 e. The third kappa shape index (κ3) is 5.92. The lowest BCUT2D eigenvalue weighted by atomic mass is 10.0. The highest BCUT2D eigenvalue weighted by atomic mass is 19.4. The van der Waals surface area contributed by atoms with E-state index in [1.54, 1.807) is 31.7 Å². The molecule has 0 radical (unpaired) electrons. The van der Waals surface area contributed by atoms with Crippen molar-refractivity contribution in [2.75, 3.05) is 13.1 Å². The first-order chi connectivity index (χ1) is 11.6. The number of carbonyl (C=O) groups is 1. The standard InChI is InChI=1S/C18H25F3N2O2/c1-17(2,3)25-16(24)23-10-6-8-14(12-23)22-11-13-7-4-5-9-15(13)18(19,20)21/h4-5,7,9,14,22H,6,8,10-12H2,1-3H3/t14-/m0/s1. The number of benzene rings is 1. The lowest BCUT2D eigenvalue weighted by Crippen LogP contribution is -2.49. The number of nitrogens with zero attached hydrogens (tertiary/aromatic N) is 1. The zero-order valence-electron chi connectivity index (χ0n) is 14.8. The lowest BCUT2D eigenvalue weighted by Gasteiger charge is -2.34. The predicted molar refractivity (Wildman–Crippen MR) is 89.1 cm³/mol. The predicted octanol–water partition coefficient (Wildman–Crippen LogP) is 4.19. The molecular weight excluding hydrogens is 333 g/mol. The van der Waals surface area contributed by atoms with Crippen LogP contribution in [0, 0.1) is 0 Å². The quantitative estimate of drug-likeness (QED) is 0.881. The molecule has 0 spiro atoms. The highest BCUT2D eigenvalue weighted by Crippen LogP contribution is 2.31. The molecule has 1 aliphatic heterocycles. The summed E-state index contributed by atoms with van der Waals surface area (Å²) in [7, 11) is 0. The van der Waals surface area contributed by atoms with Crippen LogP contribution < -0.4 is 5.32 Å². The molecule has 0 bridgehead atoms. The number of ether oxygens (including phenoxy) is 1. The molecule has 0 saturated carbocycles. The van der Waals surface area contributed by atoms with Crippen molar-refractivity contribution in [2.24, 2.45) is 0 Å². The van der Waals surface area contributed by atoms with Crippen LogP contribution in [0.5, 0.6) is 0 Å². The molecule has 25 heavy (non-hydrogen) atoms. The van der Waals surface area contributed by atoms with E-state index in [-0.39, 0.29) is 24.2 Å². The Morgan fingerprint density at radius 1 is 1.28 bits per heavy atom. The largest absolute Gasteiger partial charge is 0.444 e. The van der Waals surface area contributed by atoms with Crippen LogP contribution in [0.25, 0.3) is 0 Å². The van der Waals surface area contributed by atoms with Crippen LogP contribution in [0.1, 0.15) is 44.7 Å². The summed E-state index contributed by atoms with van der Waals surface area (Å²) in [5, 5.41) is 3.15. The molecule has 1 N–H and O–H groups in total. The van der Waals surface area contributed by atoms with E-state index in [0.717, 1.165) is 18.9 Å². The Morgan fingerprint density at radius 3 is 2.60 bits per heavy atom. The van der Waals surface area contributed by atoms with Gasteiger partial charge in [-0.05, 0) is 45.2 Å². The van der Waals surface area contributed by atoms with Crippen LogP contribution in [0.3, 0.4) is 0 Å². The number of hydrogen-bond acceptors (Lipinski definition) is 3. The molecule has 1 aromatic rings. The van der Waals surface area contributed by atoms with Gasteiger partial charge in [0.05, 0.1) is 5.56 Å². The fourth-order valence-electron chi connectivity index (χ4n) is 2.84. The molecule has 1 aliphatic rings. The monoisotopic (exact) mass is 358 g/mol. The Balaban J connectivity index is 1.95. The molecule has 7 heteroatoms. The highest BCUT2D eigenvalue weighted by Gasteiger charge is 2.33. The fraction of sp³-hybridized carbons (Fsp3) is 0.611. The summed E-state index contributed by atoms with van der Waals surface area (Å²) in [6.45, 7) is 6.56. The summed E-state index contributed by atoms with van der Waals surface area (Å²) in [4.78, 5) is 13.8. The maximum absolute atomic E-state index is 13.0. The van der Waals surface area contributed by atoms with Gasteiger partial charge in [0, 0.05) is 25.7 Å².